The fourth-order valence-corrected chi connectivity index (χ4v) is 2.89. The Kier molecular flexibility index (Phi) is 9.52. The van der Waals surface area contributed by atoms with Crippen LogP contribution in [0.2, 0.25) is 0 Å². The highest BCUT2D eigenvalue weighted by Crippen LogP contribution is 2.15. The number of halogens is 2. The van der Waals surface area contributed by atoms with Crippen LogP contribution >= 0.6 is 24.8 Å². The molecule has 6 nitrogen and oxygen atoms in total. The van der Waals surface area contributed by atoms with E-state index in [0.717, 1.165) is 37.6 Å². The number of amides is 1. The Balaban J connectivity index is 0.00000182. The van der Waals surface area contributed by atoms with E-state index in [1.165, 1.54) is 0 Å². The molecule has 148 valence electrons. The van der Waals surface area contributed by atoms with Crippen molar-refractivity contribution >= 4 is 36.5 Å². The minimum absolute atomic E-state index is 0. The van der Waals surface area contributed by atoms with E-state index in [1.807, 2.05) is 36.4 Å². The lowest BCUT2D eigenvalue weighted by molar-refractivity contribution is 0.0951. The quantitative estimate of drug-likeness (QED) is 0.787. The summed E-state index contributed by atoms with van der Waals surface area (Å²) in [6, 6.07) is 13.2. The van der Waals surface area contributed by atoms with Gasteiger partial charge in [0.05, 0.1) is 0 Å². The van der Waals surface area contributed by atoms with Crippen LogP contribution in [0.25, 0.3) is 0 Å². The minimum Gasteiger partial charge on any atom is -0.354 e. The Bertz CT molecular complexity index is 708. The first-order chi connectivity index (χ1) is 12.1. The third-order valence-electron chi connectivity index (χ3n) is 4.55. The maximum atomic E-state index is 12.4. The molecule has 1 amide bonds. The van der Waals surface area contributed by atoms with Crippen molar-refractivity contribution in [3.63, 3.8) is 0 Å². The van der Waals surface area contributed by atoms with E-state index in [1.54, 1.807) is 12.3 Å². The highest BCUT2D eigenvalue weighted by atomic mass is 35.5. The average Bonchev–Trinajstić information content (AvgIpc) is 2.67. The van der Waals surface area contributed by atoms with E-state index in [4.69, 9.17) is 5.73 Å². The van der Waals surface area contributed by atoms with Crippen molar-refractivity contribution in [2.75, 3.05) is 44.7 Å². The zero-order valence-corrected chi connectivity index (χ0v) is 17.0. The van der Waals surface area contributed by atoms with Crippen molar-refractivity contribution in [2.45, 2.75) is 6.04 Å². The van der Waals surface area contributed by atoms with Gasteiger partial charge >= 0.3 is 0 Å². The number of nitrogens with one attached hydrogen (secondary N) is 1. The second-order valence-corrected chi connectivity index (χ2v) is 6.42. The molecule has 1 aromatic carbocycles. The lowest BCUT2D eigenvalue weighted by Crippen LogP contribution is -2.44. The molecule has 1 aliphatic rings. The number of benzene rings is 1. The predicted octanol–water partition coefficient (Wildman–Crippen LogP) is 2.11. The van der Waals surface area contributed by atoms with Crippen molar-refractivity contribution in [1.29, 1.82) is 0 Å². The molecular weight excluding hydrogens is 385 g/mol. The fraction of sp³-hybridized carbons (Fsp3) is 0.368. The molecule has 3 N–H and O–H groups in total. The molecule has 2 aromatic rings. The van der Waals surface area contributed by atoms with E-state index in [-0.39, 0.29) is 36.8 Å². The molecule has 8 heteroatoms. The highest BCUT2D eigenvalue weighted by molar-refractivity contribution is 5.94. The molecular formula is C19H27Cl2N5O. The van der Waals surface area contributed by atoms with Crippen molar-refractivity contribution in [3.8, 4) is 0 Å². The summed E-state index contributed by atoms with van der Waals surface area (Å²) in [6.07, 6.45) is 1.69. The monoisotopic (exact) mass is 411 g/mol. The minimum atomic E-state index is -0.218. The Labute approximate surface area is 172 Å². The second kappa shape index (κ2) is 11.1. The van der Waals surface area contributed by atoms with Gasteiger partial charge in [0, 0.05) is 50.5 Å². The summed E-state index contributed by atoms with van der Waals surface area (Å²) in [5.74, 6) is 0.734. The number of rotatable bonds is 5. The van der Waals surface area contributed by atoms with Crippen molar-refractivity contribution < 1.29 is 4.79 Å². The SMILES string of the molecule is CN1CCN(c2cc(C(=O)NCC(N)c3ccccc3)ccn2)CC1.Cl.Cl. The van der Waals surface area contributed by atoms with Crippen LogP contribution in [-0.4, -0.2) is 55.6 Å². The van der Waals surface area contributed by atoms with Gasteiger partial charge < -0.3 is 20.9 Å². The van der Waals surface area contributed by atoms with E-state index in [2.05, 4.69) is 27.1 Å². The van der Waals surface area contributed by atoms with E-state index < -0.39 is 0 Å². The summed E-state index contributed by atoms with van der Waals surface area (Å²) in [5.41, 5.74) is 7.77. The number of pyridine rings is 1. The largest absolute Gasteiger partial charge is 0.354 e. The zero-order valence-electron chi connectivity index (χ0n) is 15.4. The van der Waals surface area contributed by atoms with Crippen molar-refractivity contribution in [2.24, 2.45) is 5.73 Å². The molecule has 0 aliphatic carbocycles. The number of carbonyl (C=O) groups is 1. The van der Waals surface area contributed by atoms with Gasteiger partial charge in [-0.1, -0.05) is 30.3 Å². The summed E-state index contributed by atoms with van der Waals surface area (Å²) in [5, 5.41) is 2.92. The molecule has 1 aromatic heterocycles. The van der Waals surface area contributed by atoms with Crippen LogP contribution in [0.1, 0.15) is 22.0 Å². The molecule has 2 heterocycles. The first-order valence-corrected chi connectivity index (χ1v) is 8.62. The van der Waals surface area contributed by atoms with Crippen LogP contribution in [0.3, 0.4) is 0 Å². The molecule has 0 spiro atoms. The molecule has 0 bridgehead atoms. The number of nitrogens with zero attached hydrogens (tertiary/aromatic N) is 3. The smallest absolute Gasteiger partial charge is 0.251 e. The first kappa shape index (κ1) is 23.2. The standard InChI is InChI=1S/C19H25N5O.2ClH/c1-23-9-11-24(12-10-23)18-13-16(7-8-21-18)19(25)22-14-17(20)15-5-3-2-4-6-15;;/h2-8,13,17H,9-12,14,20H2,1H3,(H,22,25);2*1H. The van der Waals surface area contributed by atoms with Crippen LogP contribution < -0.4 is 16.0 Å². The highest BCUT2D eigenvalue weighted by Gasteiger charge is 2.17. The molecule has 0 saturated carbocycles. The topological polar surface area (TPSA) is 74.5 Å². The van der Waals surface area contributed by atoms with Crippen LogP contribution in [0.5, 0.6) is 0 Å². The van der Waals surface area contributed by atoms with E-state index >= 15 is 0 Å². The van der Waals surface area contributed by atoms with Gasteiger partial charge in [0.1, 0.15) is 5.82 Å². The Morgan fingerprint density at radius 2 is 1.81 bits per heavy atom. The zero-order chi connectivity index (χ0) is 17.6. The molecule has 1 aliphatic heterocycles. The fourth-order valence-electron chi connectivity index (χ4n) is 2.89. The normalized spacial score (nSPS) is 15.3. The Morgan fingerprint density at radius 3 is 2.48 bits per heavy atom. The summed E-state index contributed by atoms with van der Waals surface area (Å²) in [4.78, 5) is 21.4. The van der Waals surface area contributed by atoms with Crippen LogP contribution in [0, 0.1) is 0 Å². The molecule has 3 rings (SSSR count). The van der Waals surface area contributed by atoms with E-state index in [9.17, 15) is 4.79 Å². The Morgan fingerprint density at radius 1 is 1.15 bits per heavy atom. The average molecular weight is 412 g/mol. The summed E-state index contributed by atoms with van der Waals surface area (Å²) >= 11 is 0. The second-order valence-electron chi connectivity index (χ2n) is 6.42. The molecule has 27 heavy (non-hydrogen) atoms. The molecule has 1 atom stereocenters. The first-order valence-electron chi connectivity index (χ1n) is 8.62. The Hall–Kier alpha value is -1.86. The van der Waals surface area contributed by atoms with Crippen LogP contribution in [-0.2, 0) is 0 Å². The van der Waals surface area contributed by atoms with Crippen molar-refractivity contribution in [3.05, 3.63) is 59.8 Å². The van der Waals surface area contributed by atoms with Gasteiger partial charge in [-0.2, -0.15) is 0 Å². The molecule has 1 saturated heterocycles. The van der Waals surface area contributed by atoms with Gasteiger partial charge in [-0.25, -0.2) is 4.98 Å². The van der Waals surface area contributed by atoms with Gasteiger partial charge in [-0.05, 0) is 24.7 Å². The lowest BCUT2D eigenvalue weighted by atomic mass is 10.1. The number of nitrogens with two attached hydrogens (primary N) is 1. The number of piperazine rings is 1. The van der Waals surface area contributed by atoms with Gasteiger partial charge in [0.15, 0.2) is 0 Å². The number of anilines is 1. The van der Waals surface area contributed by atoms with Crippen LogP contribution in [0.15, 0.2) is 48.7 Å². The number of carbonyl (C=O) groups excluding carboxylic acids is 1. The maximum absolute atomic E-state index is 12.4. The summed E-state index contributed by atoms with van der Waals surface area (Å²) in [7, 11) is 2.12. The lowest BCUT2D eigenvalue weighted by Gasteiger charge is -2.33. The molecule has 1 unspecified atom stereocenters. The van der Waals surface area contributed by atoms with Gasteiger partial charge in [-0.3, -0.25) is 4.79 Å². The van der Waals surface area contributed by atoms with Gasteiger partial charge in [0.25, 0.3) is 5.91 Å². The third kappa shape index (κ3) is 6.36. The van der Waals surface area contributed by atoms with Crippen LogP contribution in [0.4, 0.5) is 5.82 Å². The van der Waals surface area contributed by atoms with Gasteiger partial charge in [-0.15, -0.1) is 24.8 Å². The molecule has 1 fully saturated rings. The predicted molar refractivity (Wildman–Crippen MR) is 114 cm³/mol. The number of likely N-dealkylation sites (N-methyl/N-ethyl adjacent to an activating group) is 1. The van der Waals surface area contributed by atoms with Crippen molar-refractivity contribution in [1.82, 2.24) is 15.2 Å². The van der Waals surface area contributed by atoms with Gasteiger partial charge in [0.2, 0.25) is 0 Å². The van der Waals surface area contributed by atoms with E-state index in [0.29, 0.717) is 12.1 Å². The maximum Gasteiger partial charge on any atom is 0.251 e. The number of hydrogen-bond donors (Lipinski definition) is 2. The third-order valence-corrected chi connectivity index (χ3v) is 4.55. The number of hydrogen-bond acceptors (Lipinski definition) is 5. The number of aromatic nitrogens is 1. The molecule has 0 radical (unpaired) electrons. The summed E-state index contributed by atoms with van der Waals surface area (Å²) < 4.78 is 0. The summed E-state index contributed by atoms with van der Waals surface area (Å²) in [6.45, 7) is 4.25.